The third-order valence-electron chi connectivity index (χ3n) is 5.18. The zero-order chi connectivity index (χ0) is 22.8. The van der Waals surface area contributed by atoms with E-state index in [0.29, 0.717) is 17.2 Å². The number of halogens is 2. The zero-order valence-corrected chi connectivity index (χ0v) is 18.3. The van der Waals surface area contributed by atoms with Crippen molar-refractivity contribution in [1.82, 2.24) is 15.0 Å². The van der Waals surface area contributed by atoms with Crippen LogP contribution in [0.4, 0.5) is 14.6 Å². The van der Waals surface area contributed by atoms with Crippen molar-refractivity contribution < 1.29 is 18.7 Å². The molecule has 4 aromatic rings. The van der Waals surface area contributed by atoms with Gasteiger partial charge < -0.3 is 10.0 Å². The highest BCUT2D eigenvalue weighted by molar-refractivity contribution is 7.18. The molecular weight excluding hydrogens is 434 g/mol. The van der Waals surface area contributed by atoms with Gasteiger partial charge in [0.2, 0.25) is 0 Å². The average Bonchev–Trinajstić information content (AvgIpc) is 3.07. The highest BCUT2D eigenvalue weighted by atomic mass is 32.1. The van der Waals surface area contributed by atoms with Crippen LogP contribution in [0.2, 0.25) is 0 Å². The van der Waals surface area contributed by atoms with Crippen LogP contribution in [0, 0.1) is 25.5 Å². The van der Waals surface area contributed by atoms with E-state index < -0.39 is 17.6 Å². The first-order chi connectivity index (χ1) is 15.3. The van der Waals surface area contributed by atoms with Gasteiger partial charge in [-0.1, -0.05) is 6.07 Å². The van der Waals surface area contributed by atoms with Crippen LogP contribution in [0.1, 0.15) is 22.4 Å². The van der Waals surface area contributed by atoms with E-state index in [1.807, 2.05) is 19.9 Å². The molecule has 9 heteroatoms. The normalized spacial score (nSPS) is 11.1. The molecule has 0 aliphatic carbocycles. The van der Waals surface area contributed by atoms with E-state index in [0.717, 1.165) is 38.4 Å². The Morgan fingerprint density at radius 1 is 1.16 bits per heavy atom. The second kappa shape index (κ2) is 8.96. The van der Waals surface area contributed by atoms with Gasteiger partial charge in [0.1, 0.15) is 10.6 Å². The summed E-state index contributed by atoms with van der Waals surface area (Å²) in [5.74, 6) is -1.82. The molecule has 0 bridgehead atoms. The van der Waals surface area contributed by atoms with E-state index in [1.165, 1.54) is 17.4 Å². The molecule has 4 rings (SSSR count). The van der Waals surface area contributed by atoms with E-state index in [9.17, 15) is 18.7 Å². The molecule has 0 saturated carbocycles. The first kappa shape index (κ1) is 21.8. The van der Waals surface area contributed by atoms with Crippen LogP contribution in [0.3, 0.4) is 0 Å². The molecule has 3 aromatic heterocycles. The highest BCUT2D eigenvalue weighted by Crippen LogP contribution is 2.37. The Hall–Kier alpha value is -3.46. The molecule has 0 aliphatic rings. The minimum atomic E-state index is -0.962. The van der Waals surface area contributed by atoms with Crippen molar-refractivity contribution in [3.63, 3.8) is 0 Å². The summed E-state index contributed by atoms with van der Waals surface area (Å²) in [6.07, 6.45) is 3.18. The minimum Gasteiger partial charge on any atom is -0.481 e. The molecule has 0 amide bonds. The summed E-state index contributed by atoms with van der Waals surface area (Å²) in [4.78, 5) is 28.6. The molecule has 6 nitrogen and oxygen atoms in total. The van der Waals surface area contributed by atoms with Crippen LogP contribution in [-0.4, -0.2) is 32.6 Å². The lowest BCUT2D eigenvalue weighted by Gasteiger charge is -2.25. The number of nitrogens with zero attached hydrogens (tertiary/aromatic N) is 4. The Bertz CT molecular complexity index is 1290. The lowest BCUT2D eigenvalue weighted by molar-refractivity contribution is -0.136. The largest absolute Gasteiger partial charge is 0.481 e. The fourth-order valence-electron chi connectivity index (χ4n) is 3.43. The maximum Gasteiger partial charge on any atom is 0.305 e. The lowest BCUT2D eigenvalue weighted by Crippen LogP contribution is -2.27. The van der Waals surface area contributed by atoms with Crippen LogP contribution in [0.5, 0.6) is 0 Å². The van der Waals surface area contributed by atoms with Crippen LogP contribution in [0.15, 0.2) is 42.7 Å². The molecule has 0 radical (unpaired) electrons. The monoisotopic (exact) mass is 454 g/mol. The number of aromatic nitrogens is 3. The van der Waals surface area contributed by atoms with Crippen LogP contribution in [0.25, 0.3) is 21.6 Å². The van der Waals surface area contributed by atoms with Gasteiger partial charge in [0.05, 0.1) is 11.8 Å². The fraction of sp³-hybridized carbons (Fsp3) is 0.217. The SMILES string of the molecule is Cc1sc2nc(-c3cccnc3)nc(N(CCC(=O)O)Cc3ccc(F)c(F)c3)c2c1C. The molecule has 1 N–H and O–H groups in total. The van der Waals surface area contributed by atoms with Gasteiger partial charge in [-0.25, -0.2) is 18.7 Å². The predicted octanol–water partition coefficient (Wildman–Crippen LogP) is 5.13. The number of hydrogen-bond acceptors (Lipinski definition) is 6. The zero-order valence-electron chi connectivity index (χ0n) is 17.5. The first-order valence-corrected chi connectivity index (χ1v) is 10.7. The maximum absolute atomic E-state index is 13.8. The summed E-state index contributed by atoms with van der Waals surface area (Å²) in [6, 6.07) is 7.31. The van der Waals surface area contributed by atoms with Gasteiger partial charge in [-0.3, -0.25) is 9.78 Å². The Morgan fingerprint density at radius 2 is 1.97 bits per heavy atom. The number of aryl methyl sites for hydroxylation is 2. The number of carboxylic acids is 1. The van der Waals surface area contributed by atoms with Crippen molar-refractivity contribution in [2.45, 2.75) is 26.8 Å². The van der Waals surface area contributed by atoms with Crippen LogP contribution < -0.4 is 4.90 Å². The number of carboxylic acid groups (broad SMARTS) is 1. The summed E-state index contributed by atoms with van der Waals surface area (Å²) >= 11 is 1.53. The standard InChI is InChI=1S/C23H20F2N4O2S/c1-13-14(2)32-23-20(13)22(27-21(28-23)16-4-3-8-26-11-16)29(9-7-19(30)31)12-15-5-6-17(24)18(25)10-15/h3-6,8,10-11H,7,9,12H2,1-2H3,(H,30,31). The van der Waals surface area contributed by atoms with Gasteiger partial charge in [-0.15, -0.1) is 11.3 Å². The number of benzene rings is 1. The molecule has 0 aliphatic heterocycles. The number of pyridine rings is 1. The highest BCUT2D eigenvalue weighted by Gasteiger charge is 2.21. The van der Waals surface area contributed by atoms with Crippen LogP contribution in [-0.2, 0) is 11.3 Å². The van der Waals surface area contributed by atoms with Crippen molar-refractivity contribution in [2.75, 3.05) is 11.4 Å². The van der Waals surface area contributed by atoms with E-state index in [2.05, 4.69) is 4.98 Å². The Labute approximate surface area is 187 Å². The molecular formula is C23H20F2N4O2S. The topological polar surface area (TPSA) is 79.2 Å². The molecule has 1 aromatic carbocycles. The Balaban J connectivity index is 1.87. The number of carbonyl (C=O) groups is 1. The number of anilines is 1. The molecule has 3 heterocycles. The van der Waals surface area contributed by atoms with Gasteiger partial charge in [0, 0.05) is 35.9 Å². The van der Waals surface area contributed by atoms with E-state index in [-0.39, 0.29) is 19.5 Å². The number of fused-ring (bicyclic) bond motifs is 1. The van der Waals surface area contributed by atoms with E-state index in [1.54, 1.807) is 23.4 Å². The lowest BCUT2D eigenvalue weighted by atomic mass is 10.1. The average molecular weight is 455 g/mol. The molecule has 0 fully saturated rings. The number of hydrogen-bond donors (Lipinski definition) is 1. The third kappa shape index (κ3) is 4.43. The maximum atomic E-state index is 13.8. The van der Waals surface area contributed by atoms with Gasteiger partial charge in [0.25, 0.3) is 0 Å². The summed E-state index contributed by atoms with van der Waals surface area (Å²) < 4.78 is 27.3. The van der Waals surface area contributed by atoms with Gasteiger partial charge >= 0.3 is 5.97 Å². The summed E-state index contributed by atoms with van der Waals surface area (Å²) in [5.41, 5.74) is 2.24. The molecule has 32 heavy (non-hydrogen) atoms. The molecule has 0 spiro atoms. The smallest absolute Gasteiger partial charge is 0.305 e. The Kier molecular flexibility index (Phi) is 6.09. The molecule has 164 valence electrons. The second-order valence-corrected chi connectivity index (χ2v) is 8.59. The Morgan fingerprint density at radius 3 is 2.66 bits per heavy atom. The fourth-order valence-corrected chi connectivity index (χ4v) is 4.45. The predicted molar refractivity (Wildman–Crippen MR) is 120 cm³/mol. The summed E-state index contributed by atoms with van der Waals surface area (Å²) in [7, 11) is 0. The van der Waals surface area contributed by atoms with E-state index in [4.69, 9.17) is 9.97 Å². The molecule has 0 saturated heterocycles. The number of aliphatic carboxylic acids is 1. The van der Waals surface area contributed by atoms with E-state index >= 15 is 0 Å². The first-order valence-electron chi connectivity index (χ1n) is 9.92. The summed E-state index contributed by atoms with van der Waals surface area (Å²) in [5, 5.41) is 10.1. The molecule has 0 atom stereocenters. The quantitative estimate of drug-likeness (QED) is 0.417. The van der Waals surface area contributed by atoms with Crippen molar-refractivity contribution in [3.05, 3.63) is 70.4 Å². The second-order valence-electron chi connectivity index (χ2n) is 7.39. The van der Waals surface area contributed by atoms with Gasteiger partial charge in [0.15, 0.2) is 17.5 Å². The van der Waals surface area contributed by atoms with Crippen molar-refractivity contribution >= 4 is 33.3 Å². The van der Waals surface area contributed by atoms with Gasteiger partial charge in [-0.05, 0) is 49.2 Å². The van der Waals surface area contributed by atoms with Crippen molar-refractivity contribution in [1.29, 1.82) is 0 Å². The van der Waals surface area contributed by atoms with Crippen molar-refractivity contribution in [3.8, 4) is 11.4 Å². The van der Waals surface area contributed by atoms with Crippen LogP contribution >= 0.6 is 11.3 Å². The van der Waals surface area contributed by atoms with Gasteiger partial charge in [-0.2, -0.15) is 0 Å². The third-order valence-corrected chi connectivity index (χ3v) is 6.28. The number of rotatable bonds is 7. The number of thiophene rings is 1. The van der Waals surface area contributed by atoms with Crippen molar-refractivity contribution in [2.24, 2.45) is 0 Å². The summed E-state index contributed by atoms with van der Waals surface area (Å²) in [6.45, 7) is 4.27. The minimum absolute atomic E-state index is 0.139. The molecule has 0 unspecified atom stereocenters.